The van der Waals surface area contributed by atoms with Crippen LogP contribution in [0.5, 0.6) is 0 Å². The van der Waals surface area contributed by atoms with Gasteiger partial charge in [-0.2, -0.15) is 13.2 Å². The van der Waals surface area contributed by atoms with E-state index in [0.717, 1.165) is 6.07 Å². The number of fused-ring (bicyclic) bond motifs is 1. The zero-order chi connectivity index (χ0) is 20.8. The Balaban J connectivity index is 1.67. The Bertz CT molecular complexity index is 1080. The molecular weight excluding hydrogens is 390 g/mol. The first-order valence-corrected chi connectivity index (χ1v) is 9.13. The second kappa shape index (κ2) is 7.13. The number of halogens is 4. The summed E-state index contributed by atoms with van der Waals surface area (Å²) in [6.07, 6.45) is -3.46. The third kappa shape index (κ3) is 3.56. The number of aryl methyl sites for hydroxylation is 1. The van der Waals surface area contributed by atoms with E-state index in [2.05, 4.69) is 10.1 Å². The average Bonchev–Trinajstić information content (AvgIpc) is 3.07. The maximum Gasteiger partial charge on any atom is 0.417 e. The van der Waals surface area contributed by atoms with E-state index in [1.807, 2.05) is 0 Å². The average molecular weight is 407 g/mol. The fourth-order valence-corrected chi connectivity index (χ4v) is 3.75. The first-order chi connectivity index (χ1) is 13.8. The van der Waals surface area contributed by atoms with Gasteiger partial charge in [-0.3, -0.25) is 4.79 Å². The van der Waals surface area contributed by atoms with Crippen molar-refractivity contribution in [3.05, 3.63) is 58.7 Å². The van der Waals surface area contributed by atoms with Crippen LogP contribution >= 0.6 is 0 Å². The molecule has 0 unspecified atom stereocenters. The van der Waals surface area contributed by atoms with Crippen molar-refractivity contribution in [2.75, 3.05) is 13.1 Å². The minimum absolute atomic E-state index is 0.0570. The molecule has 0 radical (unpaired) electrons. The van der Waals surface area contributed by atoms with E-state index >= 15 is 0 Å². The van der Waals surface area contributed by atoms with Gasteiger partial charge in [-0.1, -0.05) is 17.3 Å². The quantitative estimate of drug-likeness (QED) is 0.578. The molecule has 3 aromatic rings. The molecular formula is C20H17F4N3O2. The maximum atomic E-state index is 14.0. The Morgan fingerprint density at radius 2 is 2.03 bits per heavy atom. The van der Waals surface area contributed by atoms with Gasteiger partial charge in [-0.15, -0.1) is 0 Å². The van der Waals surface area contributed by atoms with Crippen molar-refractivity contribution in [2.24, 2.45) is 0 Å². The van der Waals surface area contributed by atoms with Gasteiger partial charge >= 0.3 is 6.18 Å². The van der Waals surface area contributed by atoms with Crippen molar-refractivity contribution in [1.29, 1.82) is 0 Å². The molecule has 0 bridgehead atoms. The van der Waals surface area contributed by atoms with Crippen LogP contribution in [-0.4, -0.2) is 34.0 Å². The van der Waals surface area contributed by atoms with E-state index in [1.165, 1.54) is 30.0 Å². The smallest absolute Gasteiger partial charge is 0.338 e. The first kappa shape index (κ1) is 19.4. The van der Waals surface area contributed by atoms with Crippen LogP contribution in [0.2, 0.25) is 0 Å². The molecule has 1 aliphatic heterocycles. The van der Waals surface area contributed by atoms with E-state index in [0.29, 0.717) is 19.4 Å². The molecule has 4 rings (SSSR count). The van der Waals surface area contributed by atoms with E-state index < -0.39 is 29.4 Å². The number of nitrogens with zero attached hydrogens (tertiary/aromatic N) is 3. The van der Waals surface area contributed by atoms with Crippen LogP contribution < -0.4 is 0 Å². The van der Waals surface area contributed by atoms with Crippen LogP contribution in [0.25, 0.3) is 11.1 Å². The van der Waals surface area contributed by atoms with Crippen LogP contribution in [0, 0.1) is 12.7 Å². The summed E-state index contributed by atoms with van der Waals surface area (Å²) in [5.74, 6) is -1.54. The van der Waals surface area contributed by atoms with Crippen LogP contribution in [0.15, 0.2) is 34.9 Å². The number of benzene rings is 1. The number of carbonyl (C=O) groups is 1. The first-order valence-electron chi connectivity index (χ1n) is 9.13. The topological polar surface area (TPSA) is 59.2 Å². The Labute approximate surface area is 163 Å². The molecule has 2 aromatic heterocycles. The number of amides is 1. The van der Waals surface area contributed by atoms with Crippen LogP contribution in [-0.2, 0) is 6.18 Å². The van der Waals surface area contributed by atoms with Gasteiger partial charge < -0.3 is 9.42 Å². The van der Waals surface area contributed by atoms with Gasteiger partial charge in [0, 0.05) is 19.0 Å². The number of piperidine rings is 1. The number of pyridine rings is 1. The highest BCUT2D eigenvalue weighted by Gasteiger charge is 2.37. The minimum atomic E-state index is -4.59. The Hall–Kier alpha value is -2.97. The fourth-order valence-electron chi connectivity index (χ4n) is 3.75. The van der Waals surface area contributed by atoms with Gasteiger partial charge in [0.15, 0.2) is 0 Å². The Kier molecular flexibility index (Phi) is 4.76. The molecule has 0 saturated carbocycles. The second-order valence-corrected chi connectivity index (χ2v) is 7.11. The van der Waals surface area contributed by atoms with Gasteiger partial charge in [0.2, 0.25) is 0 Å². The summed E-state index contributed by atoms with van der Waals surface area (Å²) in [7, 11) is 0. The van der Waals surface area contributed by atoms with Crippen LogP contribution in [0.3, 0.4) is 0 Å². The summed E-state index contributed by atoms with van der Waals surface area (Å²) >= 11 is 0. The molecule has 1 amide bonds. The molecule has 0 aliphatic carbocycles. The normalized spacial score (nSPS) is 17.7. The molecule has 1 saturated heterocycles. The highest BCUT2D eigenvalue weighted by Crippen LogP contribution is 2.38. The van der Waals surface area contributed by atoms with Crippen molar-refractivity contribution in [2.45, 2.75) is 31.9 Å². The van der Waals surface area contributed by atoms with Crippen molar-refractivity contribution < 1.29 is 26.9 Å². The largest absolute Gasteiger partial charge is 0.417 e. The zero-order valence-electron chi connectivity index (χ0n) is 15.5. The Morgan fingerprint density at radius 1 is 1.28 bits per heavy atom. The third-order valence-corrected chi connectivity index (χ3v) is 5.17. The third-order valence-electron chi connectivity index (χ3n) is 5.17. The van der Waals surface area contributed by atoms with Crippen molar-refractivity contribution in [3.8, 4) is 0 Å². The zero-order valence-corrected chi connectivity index (χ0v) is 15.5. The lowest BCUT2D eigenvalue weighted by Gasteiger charge is -2.32. The Morgan fingerprint density at radius 3 is 2.76 bits per heavy atom. The van der Waals surface area contributed by atoms with Crippen molar-refractivity contribution in [3.63, 3.8) is 0 Å². The summed E-state index contributed by atoms with van der Waals surface area (Å²) < 4.78 is 59.7. The molecule has 5 nitrogen and oxygen atoms in total. The minimum Gasteiger partial charge on any atom is -0.338 e. The maximum absolute atomic E-state index is 14.0. The van der Waals surface area contributed by atoms with Crippen molar-refractivity contribution in [1.82, 2.24) is 15.0 Å². The van der Waals surface area contributed by atoms with E-state index in [4.69, 9.17) is 4.52 Å². The number of hydrogen-bond donors (Lipinski definition) is 0. The van der Waals surface area contributed by atoms with Gasteiger partial charge in [-0.05, 0) is 38.0 Å². The molecule has 29 heavy (non-hydrogen) atoms. The lowest BCUT2D eigenvalue weighted by molar-refractivity contribution is -0.136. The lowest BCUT2D eigenvalue weighted by Crippen LogP contribution is -2.39. The second-order valence-electron chi connectivity index (χ2n) is 7.11. The molecule has 1 fully saturated rings. The van der Waals surface area contributed by atoms with Gasteiger partial charge in [0.1, 0.15) is 5.82 Å². The number of rotatable bonds is 2. The number of carbonyl (C=O) groups excluding carboxylic acids is 1. The van der Waals surface area contributed by atoms with Gasteiger partial charge in [0.25, 0.3) is 11.6 Å². The predicted octanol–water partition coefficient (Wildman–Crippen LogP) is 4.71. The summed E-state index contributed by atoms with van der Waals surface area (Å²) in [5, 5.41) is 3.45. The van der Waals surface area contributed by atoms with Crippen LogP contribution in [0.4, 0.5) is 17.6 Å². The van der Waals surface area contributed by atoms with Crippen LogP contribution in [0.1, 0.15) is 46.1 Å². The summed E-state index contributed by atoms with van der Waals surface area (Å²) in [4.78, 5) is 18.4. The van der Waals surface area contributed by atoms with E-state index in [-0.39, 0.29) is 34.6 Å². The van der Waals surface area contributed by atoms with Crippen molar-refractivity contribution >= 4 is 17.0 Å². The summed E-state index contributed by atoms with van der Waals surface area (Å²) in [5.41, 5.74) is -0.782. The molecule has 0 spiro atoms. The standard InChI is InChI=1S/C20H17F4N3O2/c1-11-17-14(20(22,23)24)9-16(25-18(17)29-26-11)12-5-4-8-27(10-12)19(28)13-6-2-3-7-15(13)21/h2-3,6-7,9,12H,4-5,8,10H2,1H3/t12-/m0/s1. The summed E-state index contributed by atoms with van der Waals surface area (Å²) in [6.45, 7) is 1.98. The fraction of sp³-hybridized carbons (Fsp3) is 0.350. The summed E-state index contributed by atoms with van der Waals surface area (Å²) in [6, 6.07) is 6.66. The highest BCUT2D eigenvalue weighted by molar-refractivity contribution is 5.94. The molecule has 1 atom stereocenters. The number of likely N-dealkylation sites (tertiary alicyclic amines) is 1. The molecule has 0 N–H and O–H groups in total. The monoisotopic (exact) mass is 407 g/mol. The SMILES string of the molecule is Cc1noc2nc([C@H]3CCCN(C(=O)c4ccccc4F)C3)cc(C(F)(F)F)c12. The molecule has 152 valence electrons. The van der Waals surface area contributed by atoms with Gasteiger partial charge in [0.05, 0.1) is 27.9 Å². The highest BCUT2D eigenvalue weighted by atomic mass is 19.4. The molecule has 1 aliphatic rings. The number of aromatic nitrogens is 2. The number of hydrogen-bond acceptors (Lipinski definition) is 4. The number of alkyl halides is 3. The molecule has 9 heteroatoms. The lowest BCUT2D eigenvalue weighted by atomic mass is 9.92. The van der Waals surface area contributed by atoms with E-state index in [9.17, 15) is 22.4 Å². The molecule has 3 heterocycles. The molecule has 1 aromatic carbocycles. The van der Waals surface area contributed by atoms with E-state index in [1.54, 1.807) is 6.07 Å². The predicted molar refractivity (Wildman–Crippen MR) is 95.8 cm³/mol. The van der Waals surface area contributed by atoms with Gasteiger partial charge in [-0.25, -0.2) is 9.37 Å².